The molecular formula is C32H44FNO4. The van der Waals surface area contributed by atoms with Crippen LogP contribution in [0.25, 0.3) is 11.1 Å². The molecule has 38 heavy (non-hydrogen) atoms. The molecule has 2 aliphatic rings. The standard InChI is InChI=1S/C29H38FNO4.C3H6/c1-7-33-21(3)19-34-27(23-13-10-16-31(18-23)28(32)35-29(4,5)6)24-14-9-15-25(30)26(24)22-12-8-11-20(2)17-22;1-2-3-1/h8-9,11-12,14-15,17,23,27H,3,7,10,13,16,18-19H2,1-2,4-6H3;1-3H2. The van der Waals surface area contributed by atoms with Gasteiger partial charge in [0.2, 0.25) is 0 Å². The maximum atomic E-state index is 15.3. The van der Waals surface area contributed by atoms with Gasteiger partial charge in [0.1, 0.15) is 23.8 Å². The number of carbonyl (C=O) groups is 1. The molecule has 2 aromatic carbocycles. The second-order valence-corrected chi connectivity index (χ2v) is 11.2. The molecule has 6 heteroatoms. The monoisotopic (exact) mass is 525 g/mol. The van der Waals surface area contributed by atoms with E-state index in [9.17, 15) is 4.79 Å². The van der Waals surface area contributed by atoms with E-state index < -0.39 is 11.7 Å². The van der Waals surface area contributed by atoms with Crippen LogP contribution in [0.2, 0.25) is 0 Å². The van der Waals surface area contributed by atoms with Crippen LogP contribution in [-0.2, 0) is 14.2 Å². The van der Waals surface area contributed by atoms with Gasteiger partial charge in [0.05, 0.1) is 12.7 Å². The van der Waals surface area contributed by atoms with Gasteiger partial charge in [-0.05, 0) is 64.7 Å². The van der Waals surface area contributed by atoms with Crippen LogP contribution in [0.5, 0.6) is 0 Å². The molecule has 0 N–H and O–H groups in total. The quantitative estimate of drug-likeness (QED) is 0.326. The van der Waals surface area contributed by atoms with E-state index in [1.54, 1.807) is 11.0 Å². The Morgan fingerprint density at radius 3 is 2.47 bits per heavy atom. The highest BCUT2D eigenvalue weighted by atomic mass is 19.1. The lowest BCUT2D eigenvalue weighted by atomic mass is 9.84. The van der Waals surface area contributed by atoms with Crippen LogP contribution in [0.15, 0.2) is 54.8 Å². The molecule has 0 radical (unpaired) electrons. The molecule has 2 atom stereocenters. The number of piperidine rings is 1. The highest BCUT2D eigenvalue weighted by molar-refractivity contribution is 5.70. The van der Waals surface area contributed by atoms with E-state index in [4.69, 9.17) is 14.2 Å². The van der Waals surface area contributed by atoms with Crippen molar-refractivity contribution in [3.8, 4) is 11.1 Å². The zero-order valence-electron chi connectivity index (χ0n) is 23.7. The number of aryl methyl sites for hydroxylation is 1. The fraction of sp³-hybridized carbons (Fsp3) is 0.531. The Bertz CT molecular complexity index is 1070. The fourth-order valence-corrected chi connectivity index (χ4v) is 4.54. The minimum Gasteiger partial charge on any atom is -0.496 e. The molecule has 1 aliphatic heterocycles. The summed E-state index contributed by atoms with van der Waals surface area (Å²) in [5.74, 6) is 0.173. The predicted octanol–water partition coefficient (Wildman–Crippen LogP) is 8.23. The Kier molecular flexibility index (Phi) is 10.8. The van der Waals surface area contributed by atoms with Crippen LogP contribution in [0.4, 0.5) is 9.18 Å². The smallest absolute Gasteiger partial charge is 0.410 e. The van der Waals surface area contributed by atoms with E-state index in [2.05, 4.69) is 6.58 Å². The fourth-order valence-electron chi connectivity index (χ4n) is 4.54. The predicted molar refractivity (Wildman–Crippen MR) is 150 cm³/mol. The first-order chi connectivity index (χ1) is 18.1. The van der Waals surface area contributed by atoms with Crippen LogP contribution >= 0.6 is 0 Å². The van der Waals surface area contributed by atoms with E-state index in [1.807, 2.05) is 65.0 Å². The van der Waals surface area contributed by atoms with Gasteiger partial charge in [-0.2, -0.15) is 0 Å². The zero-order chi connectivity index (χ0) is 27.7. The lowest BCUT2D eigenvalue weighted by Crippen LogP contribution is -2.44. The normalized spacial score (nSPS) is 17.6. The summed E-state index contributed by atoms with van der Waals surface area (Å²) in [4.78, 5) is 14.6. The Labute approximate surface area is 228 Å². The lowest BCUT2D eigenvalue weighted by molar-refractivity contribution is -0.0278. The van der Waals surface area contributed by atoms with Crippen LogP contribution in [-0.4, -0.2) is 42.9 Å². The Balaban J connectivity index is 0.00000124. The van der Waals surface area contributed by atoms with E-state index in [-0.39, 0.29) is 24.4 Å². The molecule has 0 aromatic heterocycles. The third kappa shape index (κ3) is 9.16. The number of carbonyl (C=O) groups excluding carboxylic acids is 1. The molecular weight excluding hydrogens is 481 g/mol. The van der Waals surface area contributed by atoms with E-state index >= 15 is 4.39 Å². The summed E-state index contributed by atoms with van der Waals surface area (Å²) >= 11 is 0. The molecule has 5 nitrogen and oxygen atoms in total. The molecule has 2 fully saturated rings. The highest BCUT2D eigenvalue weighted by Gasteiger charge is 2.35. The van der Waals surface area contributed by atoms with Gasteiger partial charge < -0.3 is 19.1 Å². The molecule has 1 saturated carbocycles. The van der Waals surface area contributed by atoms with Crippen molar-refractivity contribution in [2.24, 2.45) is 5.92 Å². The van der Waals surface area contributed by atoms with Crippen LogP contribution < -0.4 is 0 Å². The largest absolute Gasteiger partial charge is 0.496 e. The molecule has 1 aliphatic carbocycles. The number of ether oxygens (including phenoxy) is 3. The number of likely N-dealkylation sites (tertiary alicyclic amines) is 1. The maximum Gasteiger partial charge on any atom is 0.410 e. The van der Waals surface area contributed by atoms with E-state index in [1.165, 1.54) is 25.3 Å². The summed E-state index contributed by atoms with van der Waals surface area (Å²) < 4.78 is 32.8. The van der Waals surface area contributed by atoms with Crippen molar-refractivity contribution in [1.29, 1.82) is 0 Å². The molecule has 0 spiro atoms. The number of benzene rings is 2. The van der Waals surface area contributed by atoms with Crippen LogP contribution in [0.1, 0.15) is 77.0 Å². The Morgan fingerprint density at radius 2 is 1.84 bits per heavy atom. The van der Waals surface area contributed by atoms with Gasteiger partial charge in [-0.15, -0.1) is 0 Å². The number of halogens is 1. The molecule has 0 bridgehead atoms. The third-order valence-corrected chi connectivity index (χ3v) is 6.32. The van der Waals surface area contributed by atoms with E-state index in [0.717, 1.165) is 29.5 Å². The van der Waals surface area contributed by atoms with Gasteiger partial charge in [-0.1, -0.05) is 67.8 Å². The summed E-state index contributed by atoms with van der Waals surface area (Å²) in [5, 5.41) is 0. The first-order valence-corrected chi connectivity index (χ1v) is 13.8. The summed E-state index contributed by atoms with van der Waals surface area (Å²) in [6, 6.07) is 12.9. The molecule has 1 saturated heterocycles. The minimum atomic E-state index is -0.573. The summed E-state index contributed by atoms with van der Waals surface area (Å²) in [5.41, 5.74) is 2.56. The first-order valence-electron chi connectivity index (χ1n) is 13.8. The molecule has 1 heterocycles. The zero-order valence-corrected chi connectivity index (χ0v) is 23.7. The Hall–Kier alpha value is -2.86. The first kappa shape index (κ1) is 29.7. The number of nitrogens with zero attached hydrogens (tertiary/aromatic N) is 1. The van der Waals surface area contributed by atoms with Crippen molar-refractivity contribution in [3.05, 3.63) is 71.7 Å². The Morgan fingerprint density at radius 1 is 1.13 bits per heavy atom. The van der Waals surface area contributed by atoms with Crippen LogP contribution in [0.3, 0.4) is 0 Å². The van der Waals surface area contributed by atoms with Gasteiger partial charge in [0.15, 0.2) is 0 Å². The molecule has 2 aromatic rings. The number of hydrogen-bond donors (Lipinski definition) is 0. The topological polar surface area (TPSA) is 48.0 Å². The average Bonchev–Trinajstić information content (AvgIpc) is 3.73. The molecule has 1 amide bonds. The minimum absolute atomic E-state index is 0.0453. The van der Waals surface area contributed by atoms with Gasteiger partial charge >= 0.3 is 6.09 Å². The SMILES string of the molecule is C1CC1.C=C(COC(c1cccc(F)c1-c1cccc(C)c1)C1CCCN(C(=O)OC(C)(C)C)C1)OCC. The average molecular weight is 526 g/mol. The summed E-state index contributed by atoms with van der Waals surface area (Å²) in [6.45, 7) is 15.2. The van der Waals surface area contributed by atoms with E-state index in [0.29, 0.717) is 31.0 Å². The number of hydrogen-bond acceptors (Lipinski definition) is 4. The molecule has 208 valence electrons. The summed E-state index contributed by atoms with van der Waals surface area (Å²) in [7, 11) is 0. The van der Waals surface area contributed by atoms with Gasteiger partial charge in [-0.3, -0.25) is 0 Å². The van der Waals surface area contributed by atoms with Crippen molar-refractivity contribution in [3.63, 3.8) is 0 Å². The second-order valence-electron chi connectivity index (χ2n) is 11.2. The van der Waals surface area contributed by atoms with Gasteiger partial charge in [0, 0.05) is 24.6 Å². The molecule has 4 rings (SSSR count). The lowest BCUT2D eigenvalue weighted by Gasteiger charge is -2.38. The van der Waals surface area contributed by atoms with Gasteiger partial charge in [0.25, 0.3) is 0 Å². The van der Waals surface area contributed by atoms with Crippen molar-refractivity contribution >= 4 is 6.09 Å². The second kappa shape index (κ2) is 13.8. The highest BCUT2D eigenvalue weighted by Crippen LogP contribution is 2.40. The number of rotatable bonds is 8. The van der Waals surface area contributed by atoms with Crippen molar-refractivity contribution in [2.75, 3.05) is 26.3 Å². The van der Waals surface area contributed by atoms with Crippen molar-refractivity contribution < 1.29 is 23.4 Å². The third-order valence-electron chi connectivity index (χ3n) is 6.32. The maximum absolute atomic E-state index is 15.3. The van der Waals surface area contributed by atoms with Gasteiger partial charge in [-0.25, -0.2) is 9.18 Å². The van der Waals surface area contributed by atoms with Crippen molar-refractivity contribution in [1.82, 2.24) is 4.90 Å². The van der Waals surface area contributed by atoms with Crippen LogP contribution in [0, 0.1) is 18.7 Å². The number of amides is 1. The summed E-state index contributed by atoms with van der Waals surface area (Å²) in [6.07, 6.45) is 5.36. The molecule has 2 unspecified atom stereocenters. The van der Waals surface area contributed by atoms with Crippen molar-refractivity contribution in [2.45, 2.75) is 78.4 Å².